The zero-order chi connectivity index (χ0) is 21.3. The van der Waals surface area contributed by atoms with E-state index in [-0.39, 0.29) is 24.7 Å². The van der Waals surface area contributed by atoms with Crippen molar-refractivity contribution >= 4 is 5.95 Å². The van der Waals surface area contributed by atoms with Gasteiger partial charge in [0.15, 0.2) is 11.5 Å². The van der Waals surface area contributed by atoms with Crippen molar-refractivity contribution in [3.05, 3.63) is 23.8 Å². The van der Waals surface area contributed by atoms with E-state index >= 15 is 0 Å². The highest BCUT2D eigenvalue weighted by Gasteiger charge is 2.21. The van der Waals surface area contributed by atoms with Gasteiger partial charge in [-0.3, -0.25) is 4.90 Å². The molecule has 0 saturated carbocycles. The second-order valence-corrected chi connectivity index (χ2v) is 6.85. The van der Waals surface area contributed by atoms with Gasteiger partial charge in [-0.05, 0) is 30.5 Å². The zero-order valence-corrected chi connectivity index (χ0v) is 17.6. The molecular formula is C20H28FN5O4. The minimum atomic E-state index is -0.535. The fraction of sp³-hybridized carbons (Fsp3) is 0.550. The van der Waals surface area contributed by atoms with Crippen LogP contribution in [0.3, 0.4) is 0 Å². The molecule has 0 radical (unpaired) electrons. The lowest BCUT2D eigenvalue weighted by Crippen LogP contribution is -2.39. The number of benzene rings is 1. The van der Waals surface area contributed by atoms with E-state index < -0.39 is 6.67 Å². The van der Waals surface area contributed by atoms with Gasteiger partial charge >= 0.3 is 12.0 Å². The largest absolute Gasteiger partial charge is 0.493 e. The number of hydrogen-bond acceptors (Lipinski definition) is 9. The van der Waals surface area contributed by atoms with E-state index in [0.717, 1.165) is 38.0 Å². The minimum Gasteiger partial charge on any atom is -0.493 e. The highest BCUT2D eigenvalue weighted by molar-refractivity contribution is 5.43. The average Bonchev–Trinajstić information content (AvgIpc) is 2.78. The van der Waals surface area contributed by atoms with Crippen molar-refractivity contribution in [1.29, 1.82) is 0 Å². The fourth-order valence-electron chi connectivity index (χ4n) is 3.34. The molecule has 0 aliphatic carbocycles. The van der Waals surface area contributed by atoms with Crippen LogP contribution in [0.25, 0.3) is 0 Å². The summed E-state index contributed by atoms with van der Waals surface area (Å²) >= 11 is 0. The molecule has 0 amide bonds. The smallest absolute Gasteiger partial charge is 0.324 e. The lowest BCUT2D eigenvalue weighted by atomic mass is 10.0. The molecule has 2 aromatic rings. The Kier molecular flexibility index (Phi) is 7.83. The van der Waals surface area contributed by atoms with Gasteiger partial charge in [0.25, 0.3) is 0 Å². The molecule has 0 bridgehead atoms. The fourth-order valence-corrected chi connectivity index (χ4v) is 3.34. The van der Waals surface area contributed by atoms with Crippen LogP contribution < -0.4 is 24.3 Å². The van der Waals surface area contributed by atoms with E-state index in [1.807, 2.05) is 18.2 Å². The molecule has 3 rings (SSSR count). The van der Waals surface area contributed by atoms with Crippen molar-refractivity contribution in [2.24, 2.45) is 0 Å². The van der Waals surface area contributed by atoms with Crippen LogP contribution in [-0.4, -0.2) is 73.6 Å². The molecule has 1 aliphatic heterocycles. The van der Waals surface area contributed by atoms with E-state index in [0.29, 0.717) is 17.4 Å². The van der Waals surface area contributed by atoms with Crippen molar-refractivity contribution in [3.63, 3.8) is 0 Å². The van der Waals surface area contributed by atoms with Gasteiger partial charge in [-0.2, -0.15) is 9.97 Å². The number of rotatable bonds is 10. The third kappa shape index (κ3) is 5.82. The summed E-state index contributed by atoms with van der Waals surface area (Å²) < 4.78 is 33.4. The molecule has 0 atom stereocenters. The Balaban J connectivity index is 1.55. The summed E-state index contributed by atoms with van der Waals surface area (Å²) in [5, 5.41) is 3.34. The molecule has 9 nitrogen and oxygen atoms in total. The Hall–Kier alpha value is -2.88. The Morgan fingerprint density at radius 1 is 1.00 bits per heavy atom. The van der Waals surface area contributed by atoms with Gasteiger partial charge in [0, 0.05) is 25.7 Å². The van der Waals surface area contributed by atoms with Crippen LogP contribution in [0, 0.1) is 0 Å². The van der Waals surface area contributed by atoms with Crippen molar-refractivity contribution < 1.29 is 23.3 Å². The molecule has 1 N–H and O–H groups in total. The first-order chi connectivity index (χ1) is 14.6. The number of anilines is 1. The van der Waals surface area contributed by atoms with Crippen LogP contribution in [0.4, 0.5) is 10.3 Å². The van der Waals surface area contributed by atoms with Crippen LogP contribution in [0.2, 0.25) is 0 Å². The lowest BCUT2D eigenvalue weighted by molar-refractivity contribution is 0.210. The first-order valence-corrected chi connectivity index (χ1v) is 9.83. The molecule has 10 heteroatoms. The molecule has 164 valence electrons. The Bertz CT molecular complexity index is 796. The third-order valence-electron chi connectivity index (χ3n) is 4.85. The van der Waals surface area contributed by atoms with Crippen LogP contribution >= 0.6 is 0 Å². The first-order valence-electron chi connectivity index (χ1n) is 9.83. The van der Waals surface area contributed by atoms with Crippen LogP contribution in [0.5, 0.6) is 23.5 Å². The quantitative estimate of drug-likeness (QED) is 0.620. The number of halogens is 1. The van der Waals surface area contributed by atoms with Gasteiger partial charge in [-0.25, -0.2) is 4.39 Å². The second-order valence-electron chi connectivity index (χ2n) is 6.85. The monoisotopic (exact) mass is 421 g/mol. The average molecular weight is 421 g/mol. The third-order valence-corrected chi connectivity index (χ3v) is 4.85. The number of nitrogens with one attached hydrogen (secondary N) is 1. The highest BCUT2D eigenvalue weighted by atomic mass is 19.1. The number of methoxy groups -OCH3 is 3. The molecule has 1 saturated heterocycles. The van der Waals surface area contributed by atoms with Crippen molar-refractivity contribution in [2.75, 3.05) is 53.0 Å². The van der Waals surface area contributed by atoms with Crippen LogP contribution in [-0.2, 0) is 6.54 Å². The molecule has 0 unspecified atom stereocenters. The number of piperidine rings is 1. The van der Waals surface area contributed by atoms with E-state index in [4.69, 9.17) is 18.9 Å². The molecule has 1 aliphatic rings. The number of likely N-dealkylation sites (tertiary alicyclic amines) is 1. The maximum Gasteiger partial charge on any atom is 0.324 e. The minimum absolute atomic E-state index is 0.0174. The summed E-state index contributed by atoms with van der Waals surface area (Å²) in [5.41, 5.74) is 1.10. The van der Waals surface area contributed by atoms with Crippen LogP contribution in [0.1, 0.15) is 18.4 Å². The van der Waals surface area contributed by atoms with Crippen molar-refractivity contribution in [3.8, 4) is 23.5 Å². The van der Waals surface area contributed by atoms with E-state index in [9.17, 15) is 4.39 Å². The molecule has 1 aromatic heterocycles. The lowest BCUT2D eigenvalue weighted by Gasteiger charge is -2.32. The van der Waals surface area contributed by atoms with Gasteiger partial charge in [-0.15, -0.1) is 4.98 Å². The summed E-state index contributed by atoms with van der Waals surface area (Å²) in [7, 11) is 4.58. The van der Waals surface area contributed by atoms with Crippen molar-refractivity contribution in [1.82, 2.24) is 19.9 Å². The molecule has 1 fully saturated rings. The summed E-state index contributed by atoms with van der Waals surface area (Å²) in [5.74, 6) is 1.63. The van der Waals surface area contributed by atoms with Crippen LogP contribution in [0.15, 0.2) is 18.2 Å². The van der Waals surface area contributed by atoms with Gasteiger partial charge in [0.2, 0.25) is 5.95 Å². The normalized spacial score (nSPS) is 14.9. The first kappa shape index (κ1) is 21.8. The molecule has 0 spiro atoms. The molecule has 1 aromatic carbocycles. The number of hydrogen-bond donors (Lipinski definition) is 1. The summed E-state index contributed by atoms with van der Waals surface area (Å²) in [6, 6.07) is 6.46. The SMILES string of the molecule is COc1nc(NC2CCN(Cc3ccc(OC)c(OCCF)c3)CC2)nc(OC)n1. The van der Waals surface area contributed by atoms with Crippen molar-refractivity contribution in [2.45, 2.75) is 25.4 Å². The number of alkyl halides is 1. The Morgan fingerprint density at radius 3 is 2.30 bits per heavy atom. The summed E-state index contributed by atoms with van der Waals surface area (Å²) in [6.45, 7) is 2.11. The summed E-state index contributed by atoms with van der Waals surface area (Å²) in [6.07, 6.45) is 1.88. The maximum absolute atomic E-state index is 12.5. The topological polar surface area (TPSA) is 90.9 Å². The van der Waals surface area contributed by atoms with E-state index in [1.54, 1.807) is 7.11 Å². The van der Waals surface area contributed by atoms with Gasteiger partial charge in [-0.1, -0.05) is 6.07 Å². The van der Waals surface area contributed by atoms with Gasteiger partial charge in [0.05, 0.1) is 21.3 Å². The Labute approximate surface area is 175 Å². The summed E-state index contributed by atoms with van der Waals surface area (Å²) in [4.78, 5) is 14.8. The zero-order valence-electron chi connectivity index (χ0n) is 17.6. The van der Waals surface area contributed by atoms with E-state index in [1.165, 1.54) is 14.2 Å². The Morgan fingerprint density at radius 2 is 1.70 bits per heavy atom. The standard InChI is InChI=1S/C20H28FN5O4/c1-27-16-5-4-14(12-17(16)30-11-8-21)13-26-9-6-15(7-10-26)22-18-23-19(28-2)25-20(24-18)29-3/h4-5,12,15H,6-11,13H2,1-3H3,(H,22,23,24,25). The number of ether oxygens (including phenoxy) is 4. The number of aromatic nitrogens is 3. The predicted octanol–water partition coefficient (Wildman–Crippen LogP) is 2.32. The maximum atomic E-state index is 12.5. The van der Waals surface area contributed by atoms with Gasteiger partial charge < -0.3 is 24.3 Å². The highest BCUT2D eigenvalue weighted by Crippen LogP contribution is 2.29. The van der Waals surface area contributed by atoms with E-state index in [2.05, 4.69) is 25.2 Å². The second kappa shape index (κ2) is 10.8. The predicted molar refractivity (Wildman–Crippen MR) is 109 cm³/mol. The molecule has 2 heterocycles. The molecular weight excluding hydrogens is 393 g/mol. The van der Waals surface area contributed by atoms with Gasteiger partial charge in [0.1, 0.15) is 13.3 Å². The number of nitrogens with zero attached hydrogens (tertiary/aromatic N) is 4. The molecule has 30 heavy (non-hydrogen) atoms.